The Hall–Kier alpha value is -2.26. The minimum absolute atomic E-state index is 0.453. The highest BCUT2D eigenvalue weighted by Gasteiger charge is 2.48. The van der Waals surface area contributed by atoms with E-state index in [1.165, 1.54) is 11.3 Å². The summed E-state index contributed by atoms with van der Waals surface area (Å²) >= 11 is 1.39. The molecule has 0 aliphatic carbocycles. The zero-order valence-electron chi connectivity index (χ0n) is 16.4. The standard InChI is InChI=1S/C20H24N4O3S/c1-11-12(2)22-23-18-15(11)16(21)17(28-18)19(25)24-9-20(10-24,27-4)13-5-7-14(26-3)8-6-13/h5-8,19,25H,9-10,21H2,1-4H3. The summed E-state index contributed by atoms with van der Waals surface area (Å²) in [6, 6.07) is 7.84. The Morgan fingerprint density at radius 1 is 1.18 bits per heavy atom. The molecule has 3 aromatic rings. The molecule has 8 heteroatoms. The van der Waals surface area contributed by atoms with E-state index < -0.39 is 11.8 Å². The fraction of sp³-hybridized carbons (Fsp3) is 0.400. The van der Waals surface area contributed by atoms with Gasteiger partial charge in [0.1, 0.15) is 22.4 Å². The van der Waals surface area contributed by atoms with Crippen LogP contribution < -0.4 is 10.5 Å². The molecule has 0 spiro atoms. The maximum atomic E-state index is 11.0. The molecule has 1 aromatic carbocycles. The number of nitrogen functional groups attached to an aromatic ring is 1. The van der Waals surface area contributed by atoms with Crippen molar-refractivity contribution in [2.24, 2.45) is 0 Å². The van der Waals surface area contributed by atoms with Crippen LogP contribution in [0.5, 0.6) is 5.75 Å². The van der Waals surface area contributed by atoms with Crippen molar-refractivity contribution in [2.45, 2.75) is 25.7 Å². The predicted molar refractivity (Wildman–Crippen MR) is 110 cm³/mol. The Morgan fingerprint density at radius 3 is 2.46 bits per heavy atom. The largest absolute Gasteiger partial charge is 0.497 e. The van der Waals surface area contributed by atoms with E-state index in [0.29, 0.717) is 23.7 Å². The monoisotopic (exact) mass is 400 g/mol. The number of aliphatic hydroxyl groups excluding tert-OH is 1. The lowest BCUT2D eigenvalue weighted by Crippen LogP contribution is -2.61. The number of nitrogens with zero attached hydrogens (tertiary/aromatic N) is 3. The normalized spacial score (nSPS) is 17.5. The van der Waals surface area contributed by atoms with Crippen LogP contribution in [0.25, 0.3) is 10.2 Å². The molecule has 0 radical (unpaired) electrons. The molecule has 2 aromatic heterocycles. The quantitative estimate of drug-likeness (QED) is 0.680. The van der Waals surface area contributed by atoms with Crippen molar-refractivity contribution < 1.29 is 14.6 Å². The van der Waals surface area contributed by atoms with Crippen LogP contribution in [0.2, 0.25) is 0 Å². The van der Waals surface area contributed by atoms with E-state index in [-0.39, 0.29) is 0 Å². The fourth-order valence-electron chi connectivity index (χ4n) is 3.72. The maximum absolute atomic E-state index is 11.0. The van der Waals surface area contributed by atoms with Gasteiger partial charge in [0.2, 0.25) is 0 Å². The topological polar surface area (TPSA) is 93.7 Å². The molecule has 1 atom stereocenters. The number of hydrogen-bond donors (Lipinski definition) is 2. The van der Waals surface area contributed by atoms with Crippen molar-refractivity contribution >= 4 is 27.2 Å². The third-order valence-electron chi connectivity index (χ3n) is 5.67. The summed E-state index contributed by atoms with van der Waals surface area (Å²) < 4.78 is 11.1. The lowest BCUT2D eigenvalue weighted by atomic mass is 9.85. The molecule has 3 heterocycles. The second-order valence-corrected chi connectivity index (χ2v) is 8.21. The molecule has 1 aliphatic heterocycles. The number of thiophene rings is 1. The van der Waals surface area contributed by atoms with Crippen molar-refractivity contribution in [3.05, 3.63) is 46.0 Å². The number of aliphatic hydroxyl groups is 1. The highest BCUT2D eigenvalue weighted by atomic mass is 32.1. The summed E-state index contributed by atoms with van der Waals surface area (Å²) in [7, 11) is 3.34. The van der Waals surface area contributed by atoms with Crippen LogP contribution >= 0.6 is 11.3 Å². The molecule has 28 heavy (non-hydrogen) atoms. The average molecular weight is 401 g/mol. The number of hydrogen-bond acceptors (Lipinski definition) is 8. The number of nitrogens with two attached hydrogens (primary N) is 1. The van der Waals surface area contributed by atoms with Crippen LogP contribution in [0.1, 0.15) is 27.9 Å². The number of ether oxygens (including phenoxy) is 2. The van der Waals surface area contributed by atoms with Crippen molar-refractivity contribution in [2.75, 3.05) is 33.0 Å². The second kappa shape index (κ2) is 6.97. The fourth-order valence-corrected chi connectivity index (χ4v) is 4.84. The van der Waals surface area contributed by atoms with E-state index in [0.717, 1.165) is 32.8 Å². The van der Waals surface area contributed by atoms with E-state index in [9.17, 15) is 5.11 Å². The lowest BCUT2D eigenvalue weighted by molar-refractivity contribution is -0.182. The maximum Gasteiger partial charge on any atom is 0.148 e. The summed E-state index contributed by atoms with van der Waals surface area (Å²) in [5.41, 5.74) is 9.42. The molecule has 1 fully saturated rings. The summed E-state index contributed by atoms with van der Waals surface area (Å²) in [4.78, 5) is 3.41. The Balaban J connectivity index is 1.59. The molecule has 148 valence electrons. The molecule has 1 unspecified atom stereocenters. The number of benzene rings is 1. The van der Waals surface area contributed by atoms with Crippen molar-refractivity contribution in [3.63, 3.8) is 0 Å². The predicted octanol–water partition coefficient (Wildman–Crippen LogP) is 2.75. The highest BCUT2D eigenvalue weighted by Crippen LogP contribution is 2.44. The van der Waals surface area contributed by atoms with E-state index in [2.05, 4.69) is 10.2 Å². The van der Waals surface area contributed by atoms with Crippen LogP contribution in [0.15, 0.2) is 24.3 Å². The van der Waals surface area contributed by atoms with E-state index in [1.54, 1.807) is 14.2 Å². The van der Waals surface area contributed by atoms with Gasteiger partial charge in [0, 0.05) is 25.6 Å². The van der Waals surface area contributed by atoms with Gasteiger partial charge in [-0.2, -0.15) is 5.10 Å². The van der Waals surface area contributed by atoms with E-state index in [1.807, 2.05) is 43.0 Å². The van der Waals surface area contributed by atoms with Gasteiger partial charge in [-0.25, -0.2) is 0 Å². The Bertz CT molecular complexity index is 1010. The van der Waals surface area contributed by atoms with Crippen LogP contribution in [0.4, 0.5) is 5.69 Å². The summed E-state index contributed by atoms with van der Waals surface area (Å²) in [5.74, 6) is 0.802. The minimum atomic E-state index is -0.805. The third-order valence-corrected chi connectivity index (χ3v) is 6.80. The summed E-state index contributed by atoms with van der Waals surface area (Å²) in [6.45, 7) is 5.02. The number of rotatable bonds is 5. The Labute approximate surface area is 167 Å². The first kappa shape index (κ1) is 19.1. The van der Waals surface area contributed by atoms with Crippen LogP contribution in [0.3, 0.4) is 0 Å². The molecule has 0 bridgehead atoms. The summed E-state index contributed by atoms with van der Waals surface area (Å²) in [6.07, 6.45) is -0.805. The summed E-state index contributed by atoms with van der Waals surface area (Å²) in [5, 5.41) is 20.3. The van der Waals surface area contributed by atoms with Crippen molar-refractivity contribution in [3.8, 4) is 5.75 Å². The highest BCUT2D eigenvalue weighted by molar-refractivity contribution is 7.19. The molecule has 3 N–H and O–H groups in total. The molecule has 7 nitrogen and oxygen atoms in total. The zero-order chi connectivity index (χ0) is 20.1. The van der Waals surface area contributed by atoms with Crippen molar-refractivity contribution in [1.82, 2.24) is 15.1 Å². The van der Waals surface area contributed by atoms with Gasteiger partial charge in [0.15, 0.2) is 0 Å². The first-order chi connectivity index (χ1) is 13.4. The second-order valence-electron chi connectivity index (χ2n) is 7.18. The molecule has 0 amide bonds. The van der Waals surface area contributed by atoms with Gasteiger partial charge in [-0.1, -0.05) is 12.1 Å². The number of fused-ring (bicyclic) bond motifs is 1. The van der Waals surface area contributed by atoms with Gasteiger partial charge in [-0.15, -0.1) is 16.4 Å². The number of aromatic nitrogens is 2. The third kappa shape index (κ3) is 2.84. The first-order valence-corrected chi connectivity index (χ1v) is 9.85. The van der Waals surface area contributed by atoms with E-state index >= 15 is 0 Å². The van der Waals surface area contributed by atoms with Gasteiger partial charge in [0.25, 0.3) is 0 Å². The zero-order valence-corrected chi connectivity index (χ0v) is 17.2. The molecular formula is C20H24N4O3S. The first-order valence-electron chi connectivity index (χ1n) is 9.03. The van der Waals surface area contributed by atoms with Crippen molar-refractivity contribution in [1.29, 1.82) is 0 Å². The van der Waals surface area contributed by atoms with E-state index in [4.69, 9.17) is 15.2 Å². The van der Waals surface area contributed by atoms with Gasteiger partial charge in [-0.3, -0.25) is 4.90 Å². The smallest absolute Gasteiger partial charge is 0.148 e. The molecule has 4 rings (SSSR count). The molecule has 0 saturated carbocycles. The van der Waals surface area contributed by atoms with Gasteiger partial charge in [-0.05, 0) is 37.1 Å². The Kier molecular flexibility index (Phi) is 4.75. The SMILES string of the molecule is COc1ccc(C2(OC)CN(C(O)c3sc4nnc(C)c(C)c4c3N)C2)cc1. The number of methoxy groups -OCH3 is 2. The van der Waals surface area contributed by atoms with Crippen LogP contribution in [-0.4, -0.2) is 47.5 Å². The van der Waals surface area contributed by atoms with Gasteiger partial charge in [0.05, 0.1) is 23.4 Å². The number of anilines is 1. The number of aryl methyl sites for hydroxylation is 2. The minimum Gasteiger partial charge on any atom is -0.497 e. The lowest BCUT2D eigenvalue weighted by Gasteiger charge is -2.51. The average Bonchev–Trinajstić information content (AvgIpc) is 3.02. The molecule has 1 saturated heterocycles. The van der Waals surface area contributed by atoms with Gasteiger partial charge >= 0.3 is 0 Å². The van der Waals surface area contributed by atoms with Gasteiger partial charge < -0.3 is 20.3 Å². The van der Waals surface area contributed by atoms with Crippen LogP contribution in [0, 0.1) is 13.8 Å². The van der Waals surface area contributed by atoms with Crippen LogP contribution in [-0.2, 0) is 10.3 Å². The number of likely N-dealkylation sites (tertiary alicyclic amines) is 1. The molecule has 1 aliphatic rings. The Morgan fingerprint density at radius 2 is 1.86 bits per heavy atom. The molecular weight excluding hydrogens is 376 g/mol.